The number of nitrogens with one attached hydrogen (secondary N) is 1. The summed E-state index contributed by atoms with van der Waals surface area (Å²) in [5.41, 5.74) is 2.30. The van der Waals surface area contributed by atoms with Crippen molar-refractivity contribution in [2.45, 2.75) is 0 Å². The average Bonchev–Trinajstić information content (AvgIpc) is 2.66. The van der Waals surface area contributed by atoms with Gasteiger partial charge in [0.25, 0.3) is 0 Å². The molecule has 3 nitrogen and oxygen atoms in total. The molecule has 0 bridgehead atoms. The van der Waals surface area contributed by atoms with Gasteiger partial charge < -0.3 is 9.88 Å². The van der Waals surface area contributed by atoms with Crippen molar-refractivity contribution < 1.29 is 0 Å². The summed E-state index contributed by atoms with van der Waals surface area (Å²) in [6.45, 7) is 0. The van der Waals surface area contributed by atoms with Gasteiger partial charge in [0.2, 0.25) is 0 Å². The average molecular weight is 211 g/mol. The molecule has 0 aliphatic carbocycles. The molecule has 0 atom stereocenters. The zero-order valence-corrected chi connectivity index (χ0v) is 9.36. The van der Waals surface area contributed by atoms with Crippen molar-refractivity contribution in [1.82, 2.24) is 9.97 Å². The number of fused-ring (bicyclic) bond motifs is 3. The molecule has 0 fully saturated rings. The first kappa shape index (κ1) is 9.21. The van der Waals surface area contributed by atoms with Gasteiger partial charge in [-0.2, -0.15) is 0 Å². The number of anilines is 1. The summed E-state index contributed by atoms with van der Waals surface area (Å²) in [5.74, 6) is 1.01. The Balaban J connectivity index is 2.53. The fourth-order valence-electron chi connectivity index (χ4n) is 2.11. The molecule has 0 radical (unpaired) electrons. The normalized spacial score (nSPS) is 11.1. The van der Waals surface area contributed by atoms with Gasteiger partial charge in [-0.3, -0.25) is 0 Å². The van der Waals surface area contributed by atoms with E-state index in [2.05, 4.69) is 28.2 Å². The Morgan fingerprint density at radius 3 is 2.69 bits per heavy atom. The van der Waals surface area contributed by atoms with E-state index in [1.807, 2.05) is 37.3 Å². The molecule has 0 saturated carbocycles. The minimum Gasteiger partial charge on any atom is -0.362 e. The highest BCUT2D eigenvalue weighted by Crippen LogP contribution is 2.30. The van der Waals surface area contributed by atoms with Crippen molar-refractivity contribution in [1.29, 1.82) is 0 Å². The zero-order chi connectivity index (χ0) is 11.1. The second-order valence-electron chi connectivity index (χ2n) is 4.12. The third-order valence-corrected chi connectivity index (χ3v) is 2.82. The van der Waals surface area contributed by atoms with Gasteiger partial charge in [-0.1, -0.05) is 18.2 Å². The minimum absolute atomic E-state index is 1.01. The number of hydrogen-bond donors (Lipinski definition) is 1. The third kappa shape index (κ3) is 1.18. The lowest BCUT2D eigenvalue weighted by Crippen LogP contribution is -2.10. The molecule has 3 aromatic rings. The predicted octanol–water partition coefficient (Wildman–Crippen LogP) is 2.78. The lowest BCUT2D eigenvalue weighted by molar-refractivity contribution is 1.08. The number of rotatable bonds is 1. The van der Waals surface area contributed by atoms with Crippen molar-refractivity contribution in [3.05, 3.63) is 36.5 Å². The third-order valence-electron chi connectivity index (χ3n) is 2.82. The van der Waals surface area contributed by atoms with Gasteiger partial charge in [-0.15, -0.1) is 0 Å². The molecule has 16 heavy (non-hydrogen) atoms. The van der Waals surface area contributed by atoms with Crippen LogP contribution in [-0.2, 0) is 0 Å². The number of aromatic amines is 1. The van der Waals surface area contributed by atoms with E-state index >= 15 is 0 Å². The number of benzene rings is 1. The molecular formula is C13H13N3. The van der Waals surface area contributed by atoms with Crippen LogP contribution < -0.4 is 4.90 Å². The van der Waals surface area contributed by atoms with E-state index in [9.17, 15) is 0 Å². The van der Waals surface area contributed by atoms with Gasteiger partial charge in [0.1, 0.15) is 5.82 Å². The highest BCUT2D eigenvalue weighted by molar-refractivity contribution is 6.12. The van der Waals surface area contributed by atoms with E-state index in [0.717, 1.165) is 16.9 Å². The monoisotopic (exact) mass is 211 g/mol. The molecule has 3 heteroatoms. The Kier molecular flexibility index (Phi) is 1.86. The Labute approximate surface area is 93.7 Å². The summed E-state index contributed by atoms with van der Waals surface area (Å²) in [6.07, 6.45) is 1.84. The van der Waals surface area contributed by atoms with E-state index in [4.69, 9.17) is 0 Å². The number of aromatic nitrogens is 2. The molecular weight excluding hydrogens is 198 g/mol. The van der Waals surface area contributed by atoms with E-state index < -0.39 is 0 Å². The molecule has 0 amide bonds. The molecule has 0 aliphatic heterocycles. The van der Waals surface area contributed by atoms with Crippen molar-refractivity contribution in [2.24, 2.45) is 0 Å². The number of H-pyrrole nitrogens is 1. The Morgan fingerprint density at radius 1 is 1.06 bits per heavy atom. The van der Waals surface area contributed by atoms with E-state index in [1.165, 1.54) is 10.8 Å². The van der Waals surface area contributed by atoms with Gasteiger partial charge in [0, 0.05) is 36.6 Å². The van der Waals surface area contributed by atoms with Crippen LogP contribution in [0.4, 0.5) is 5.82 Å². The van der Waals surface area contributed by atoms with Crippen molar-refractivity contribution in [2.75, 3.05) is 19.0 Å². The molecule has 2 heterocycles. The van der Waals surface area contributed by atoms with Crippen LogP contribution in [0.1, 0.15) is 0 Å². The van der Waals surface area contributed by atoms with Crippen LogP contribution in [0.2, 0.25) is 0 Å². The quantitative estimate of drug-likeness (QED) is 0.671. The second-order valence-corrected chi connectivity index (χ2v) is 4.12. The summed E-state index contributed by atoms with van der Waals surface area (Å²) in [6, 6.07) is 10.3. The highest BCUT2D eigenvalue weighted by atomic mass is 15.1. The molecule has 1 aromatic carbocycles. The first-order valence-corrected chi connectivity index (χ1v) is 5.30. The van der Waals surface area contributed by atoms with Crippen molar-refractivity contribution in [3.8, 4) is 0 Å². The lowest BCUT2D eigenvalue weighted by atomic mass is 10.2. The minimum atomic E-state index is 1.01. The van der Waals surface area contributed by atoms with Crippen molar-refractivity contribution in [3.63, 3.8) is 0 Å². The van der Waals surface area contributed by atoms with Crippen LogP contribution in [0.25, 0.3) is 21.8 Å². The Bertz CT molecular complexity index is 652. The number of hydrogen-bond acceptors (Lipinski definition) is 2. The van der Waals surface area contributed by atoms with Gasteiger partial charge in [0.05, 0.1) is 5.52 Å². The first-order chi connectivity index (χ1) is 7.77. The number of nitrogens with zero attached hydrogens (tertiary/aromatic N) is 2. The smallest absolute Gasteiger partial charge is 0.138 e. The van der Waals surface area contributed by atoms with Crippen LogP contribution in [-0.4, -0.2) is 24.1 Å². The summed E-state index contributed by atoms with van der Waals surface area (Å²) in [7, 11) is 4.03. The maximum absolute atomic E-state index is 4.43. The zero-order valence-electron chi connectivity index (χ0n) is 9.36. The van der Waals surface area contributed by atoms with E-state index in [-0.39, 0.29) is 0 Å². The molecule has 3 rings (SSSR count). The van der Waals surface area contributed by atoms with Gasteiger partial charge in [0.15, 0.2) is 0 Å². The topological polar surface area (TPSA) is 31.9 Å². The molecule has 0 saturated heterocycles. The highest BCUT2D eigenvalue weighted by Gasteiger charge is 2.10. The van der Waals surface area contributed by atoms with Crippen LogP contribution in [0.3, 0.4) is 0 Å². The largest absolute Gasteiger partial charge is 0.362 e. The first-order valence-electron chi connectivity index (χ1n) is 5.30. The summed E-state index contributed by atoms with van der Waals surface area (Å²) >= 11 is 0. The van der Waals surface area contributed by atoms with Crippen LogP contribution >= 0.6 is 0 Å². The lowest BCUT2D eigenvalue weighted by Gasteiger charge is -2.12. The molecule has 1 N–H and O–H groups in total. The fraction of sp³-hybridized carbons (Fsp3) is 0.154. The van der Waals surface area contributed by atoms with Crippen molar-refractivity contribution >= 4 is 27.6 Å². The van der Waals surface area contributed by atoms with Crippen LogP contribution in [0, 0.1) is 0 Å². The standard InChI is InChI=1S/C13H13N3/c1-16(2)13-12-9-5-3-4-6-10(9)15-11(12)7-8-14-13/h3-8,15H,1-2H3. The molecule has 2 aromatic heterocycles. The molecule has 0 unspecified atom stereocenters. The maximum atomic E-state index is 4.43. The van der Waals surface area contributed by atoms with Crippen LogP contribution in [0.15, 0.2) is 36.5 Å². The molecule has 80 valence electrons. The van der Waals surface area contributed by atoms with Gasteiger partial charge >= 0.3 is 0 Å². The molecule has 0 spiro atoms. The summed E-state index contributed by atoms with van der Waals surface area (Å²) in [5, 5.41) is 2.43. The van der Waals surface area contributed by atoms with E-state index in [1.54, 1.807) is 0 Å². The SMILES string of the molecule is CN(C)c1nccc2[nH]c3ccccc3c12. The number of pyridine rings is 1. The summed E-state index contributed by atoms with van der Waals surface area (Å²) in [4.78, 5) is 9.89. The summed E-state index contributed by atoms with van der Waals surface area (Å²) < 4.78 is 0. The number of para-hydroxylation sites is 1. The fourth-order valence-corrected chi connectivity index (χ4v) is 2.11. The van der Waals surface area contributed by atoms with Gasteiger partial charge in [-0.25, -0.2) is 4.98 Å². The second kappa shape index (κ2) is 3.23. The van der Waals surface area contributed by atoms with Crippen LogP contribution in [0.5, 0.6) is 0 Å². The Hall–Kier alpha value is -2.03. The maximum Gasteiger partial charge on any atom is 0.138 e. The Morgan fingerprint density at radius 2 is 1.88 bits per heavy atom. The van der Waals surface area contributed by atoms with E-state index in [0.29, 0.717) is 0 Å². The predicted molar refractivity (Wildman–Crippen MR) is 67.9 cm³/mol. The molecule has 0 aliphatic rings. The van der Waals surface area contributed by atoms with Gasteiger partial charge in [-0.05, 0) is 12.1 Å².